The summed E-state index contributed by atoms with van der Waals surface area (Å²) in [6.07, 6.45) is 1.66. The van der Waals surface area contributed by atoms with Gasteiger partial charge in [-0.25, -0.2) is 9.97 Å². The van der Waals surface area contributed by atoms with Gasteiger partial charge in [-0.1, -0.05) is 37.3 Å². The number of benzene rings is 2. The lowest BCUT2D eigenvalue weighted by Crippen LogP contribution is -2.02. The van der Waals surface area contributed by atoms with Crippen LogP contribution in [0.15, 0.2) is 54.6 Å². The maximum absolute atomic E-state index is 5.40. The van der Waals surface area contributed by atoms with Crippen LogP contribution in [0.3, 0.4) is 0 Å². The largest absolute Gasteiger partial charge is 0.497 e. The number of hydrogen-bond donors (Lipinski definition) is 1. The molecule has 0 atom stereocenters. The monoisotopic (exact) mass is 405 g/mol. The molecule has 1 N–H and O–H groups in total. The van der Waals surface area contributed by atoms with E-state index in [0.717, 1.165) is 45.5 Å². The molecule has 0 radical (unpaired) electrons. The fraction of sp³-hybridized carbons (Fsp3) is 0.217. The molecule has 0 aliphatic carbocycles. The number of fused-ring (bicyclic) bond motifs is 1. The van der Waals surface area contributed by atoms with E-state index in [0.29, 0.717) is 6.42 Å². The van der Waals surface area contributed by atoms with E-state index in [1.165, 1.54) is 10.4 Å². The Morgan fingerprint density at radius 2 is 1.66 bits per heavy atom. The molecule has 0 fully saturated rings. The number of aryl methyl sites for hydroxylation is 1. The van der Waals surface area contributed by atoms with Crippen molar-refractivity contribution in [3.8, 4) is 11.5 Å². The summed E-state index contributed by atoms with van der Waals surface area (Å²) in [6.45, 7) is 2.16. The van der Waals surface area contributed by atoms with Gasteiger partial charge in [0.25, 0.3) is 0 Å². The van der Waals surface area contributed by atoms with E-state index in [-0.39, 0.29) is 0 Å². The van der Waals surface area contributed by atoms with Crippen LogP contribution >= 0.6 is 11.3 Å². The van der Waals surface area contributed by atoms with Crippen molar-refractivity contribution < 1.29 is 9.47 Å². The number of nitrogens with zero attached hydrogens (tertiary/aromatic N) is 2. The first-order chi connectivity index (χ1) is 14.2. The van der Waals surface area contributed by atoms with E-state index in [9.17, 15) is 0 Å². The lowest BCUT2D eigenvalue weighted by Gasteiger charge is -2.12. The highest BCUT2D eigenvalue weighted by Gasteiger charge is 2.13. The molecule has 4 rings (SSSR count). The standard InChI is InChI=1S/C23H23N3O2S/c1-4-19-14-20-22(24-16-11-17(27-2)13-18(12-16)28-3)25-21(26-23(20)29-19)10-15-8-6-5-7-9-15/h5-9,11-14H,4,10H2,1-3H3,(H,24,25,26). The van der Waals surface area contributed by atoms with Gasteiger partial charge in [0.1, 0.15) is 28.0 Å². The van der Waals surface area contributed by atoms with Crippen molar-refractivity contribution in [2.75, 3.05) is 19.5 Å². The van der Waals surface area contributed by atoms with Crippen molar-refractivity contribution >= 4 is 33.1 Å². The molecule has 29 heavy (non-hydrogen) atoms. The van der Waals surface area contributed by atoms with Crippen LogP contribution in [-0.2, 0) is 12.8 Å². The molecule has 2 aromatic heterocycles. The normalized spacial score (nSPS) is 10.9. The summed E-state index contributed by atoms with van der Waals surface area (Å²) >= 11 is 1.72. The summed E-state index contributed by atoms with van der Waals surface area (Å²) < 4.78 is 10.8. The smallest absolute Gasteiger partial charge is 0.142 e. The summed E-state index contributed by atoms with van der Waals surface area (Å²) in [5, 5.41) is 4.49. The molecule has 2 aromatic carbocycles. The molecule has 0 spiro atoms. The van der Waals surface area contributed by atoms with E-state index in [2.05, 4.69) is 30.4 Å². The highest BCUT2D eigenvalue weighted by Crippen LogP contribution is 2.33. The predicted octanol–water partition coefficient (Wildman–Crippen LogP) is 5.61. The van der Waals surface area contributed by atoms with Gasteiger partial charge in [-0.15, -0.1) is 11.3 Å². The topological polar surface area (TPSA) is 56.3 Å². The molecule has 0 bridgehead atoms. The molecular formula is C23H23N3O2S. The van der Waals surface area contributed by atoms with Gasteiger partial charge in [-0.05, 0) is 18.1 Å². The number of thiophene rings is 1. The Balaban J connectivity index is 1.76. The molecule has 148 valence electrons. The second-order valence-corrected chi connectivity index (χ2v) is 7.78. The summed E-state index contributed by atoms with van der Waals surface area (Å²) in [5.74, 6) is 3.04. The fourth-order valence-electron chi connectivity index (χ4n) is 3.16. The van der Waals surface area contributed by atoms with Crippen LogP contribution in [0.4, 0.5) is 11.5 Å². The van der Waals surface area contributed by atoms with Gasteiger partial charge in [0.05, 0.1) is 19.6 Å². The first kappa shape index (κ1) is 19.2. The number of ether oxygens (including phenoxy) is 2. The van der Waals surface area contributed by atoms with Crippen molar-refractivity contribution in [2.24, 2.45) is 0 Å². The lowest BCUT2D eigenvalue weighted by molar-refractivity contribution is 0.395. The summed E-state index contributed by atoms with van der Waals surface area (Å²) in [7, 11) is 3.29. The quantitative estimate of drug-likeness (QED) is 0.433. The first-order valence-corrected chi connectivity index (χ1v) is 10.3. The Labute approximate surface area is 174 Å². The molecule has 0 saturated heterocycles. The molecule has 6 heteroatoms. The fourth-order valence-corrected chi connectivity index (χ4v) is 4.14. The van der Waals surface area contributed by atoms with Crippen LogP contribution in [0.5, 0.6) is 11.5 Å². The molecule has 5 nitrogen and oxygen atoms in total. The zero-order valence-corrected chi connectivity index (χ0v) is 17.5. The van der Waals surface area contributed by atoms with Gasteiger partial charge in [0, 0.05) is 35.2 Å². The minimum absolute atomic E-state index is 0.687. The molecule has 0 amide bonds. The van der Waals surface area contributed by atoms with Crippen molar-refractivity contribution in [3.63, 3.8) is 0 Å². The molecule has 0 saturated carbocycles. The second kappa shape index (κ2) is 8.49. The van der Waals surface area contributed by atoms with Crippen LogP contribution in [-0.4, -0.2) is 24.2 Å². The predicted molar refractivity (Wildman–Crippen MR) is 119 cm³/mol. The maximum atomic E-state index is 5.40. The average molecular weight is 406 g/mol. The van der Waals surface area contributed by atoms with E-state index in [4.69, 9.17) is 19.4 Å². The summed E-state index contributed by atoms with van der Waals surface area (Å²) in [4.78, 5) is 12.0. The lowest BCUT2D eigenvalue weighted by atomic mass is 10.1. The molecule has 4 aromatic rings. The van der Waals surface area contributed by atoms with Crippen molar-refractivity contribution in [2.45, 2.75) is 19.8 Å². The Kier molecular flexibility index (Phi) is 5.62. The van der Waals surface area contributed by atoms with Crippen LogP contribution in [0.1, 0.15) is 23.2 Å². The number of nitrogens with one attached hydrogen (secondary N) is 1. The summed E-state index contributed by atoms with van der Waals surface area (Å²) in [5.41, 5.74) is 2.05. The number of aromatic nitrogens is 2. The minimum atomic E-state index is 0.687. The second-order valence-electron chi connectivity index (χ2n) is 6.66. The zero-order chi connectivity index (χ0) is 20.2. The molecular weight excluding hydrogens is 382 g/mol. The van der Waals surface area contributed by atoms with Crippen LogP contribution < -0.4 is 14.8 Å². The Hall–Kier alpha value is -3.12. The van der Waals surface area contributed by atoms with E-state index in [1.54, 1.807) is 25.6 Å². The van der Waals surface area contributed by atoms with Crippen LogP contribution in [0.2, 0.25) is 0 Å². The first-order valence-electron chi connectivity index (χ1n) is 9.52. The van der Waals surface area contributed by atoms with Gasteiger partial charge >= 0.3 is 0 Å². The SMILES string of the molecule is CCc1cc2c(Nc3cc(OC)cc(OC)c3)nc(Cc3ccccc3)nc2s1. The van der Waals surface area contributed by atoms with E-state index in [1.807, 2.05) is 36.4 Å². The minimum Gasteiger partial charge on any atom is -0.497 e. The highest BCUT2D eigenvalue weighted by atomic mass is 32.1. The van der Waals surface area contributed by atoms with Crippen LogP contribution in [0, 0.1) is 0 Å². The van der Waals surface area contributed by atoms with Gasteiger partial charge in [-0.2, -0.15) is 0 Å². The van der Waals surface area contributed by atoms with Gasteiger partial charge in [0.15, 0.2) is 0 Å². The Bertz CT molecular complexity index is 1100. The van der Waals surface area contributed by atoms with Crippen molar-refractivity contribution in [1.29, 1.82) is 0 Å². The van der Waals surface area contributed by atoms with Gasteiger partial charge < -0.3 is 14.8 Å². The zero-order valence-electron chi connectivity index (χ0n) is 16.7. The number of hydrogen-bond acceptors (Lipinski definition) is 6. The molecule has 2 heterocycles. The van der Waals surface area contributed by atoms with Crippen molar-refractivity contribution in [3.05, 3.63) is 70.9 Å². The van der Waals surface area contributed by atoms with Crippen molar-refractivity contribution in [1.82, 2.24) is 9.97 Å². The van der Waals surface area contributed by atoms with Gasteiger partial charge in [0.2, 0.25) is 0 Å². The third-order valence-electron chi connectivity index (χ3n) is 4.66. The highest BCUT2D eigenvalue weighted by molar-refractivity contribution is 7.18. The third kappa shape index (κ3) is 4.32. The number of anilines is 2. The van der Waals surface area contributed by atoms with Crippen LogP contribution in [0.25, 0.3) is 10.2 Å². The number of rotatable bonds is 7. The summed E-state index contributed by atoms with van der Waals surface area (Å²) in [6, 6.07) is 18.2. The molecule has 0 aliphatic heterocycles. The van der Waals surface area contributed by atoms with E-state index >= 15 is 0 Å². The Morgan fingerprint density at radius 3 is 2.31 bits per heavy atom. The van der Waals surface area contributed by atoms with Gasteiger partial charge in [-0.3, -0.25) is 0 Å². The Morgan fingerprint density at radius 1 is 0.931 bits per heavy atom. The van der Waals surface area contributed by atoms with E-state index < -0.39 is 0 Å². The third-order valence-corrected chi connectivity index (χ3v) is 5.83. The maximum Gasteiger partial charge on any atom is 0.142 e. The number of methoxy groups -OCH3 is 2. The molecule has 0 unspecified atom stereocenters. The molecule has 0 aliphatic rings. The average Bonchev–Trinajstić information content (AvgIpc) is 3.18.